The van der Waals surface area contributed by atoms with E-state index >= 15 is 0 Å². The van der Waals surface area contributed by atoms with Gasteiger partial charge in [-0.15, -0.1) is 0 Å². The predicted octanol–water partition coefficient (Wildman–Crippen LogP) is 3.04. The smallest absolute Gasteiger partial charge is 0.0487 e. The summed E-state index contributed by atoms with van der Waals surface area (Å²) in [7, 11) is 0. The van der Waals surface area contributed by atoms with E-state index < -0.39 is 0 Å². The van der Waals surface area contributed by atoms with Crippen LogP contribution in [0.15, 0.2) is 18.2 Å². The minimum Gasteiger partial charge on any atom is -0.396 e. The molecule has 0 spiro atoms. The van der Waals surface area contributed by atoms with Crippen LogP contribution in [0.5, 0.6) is 0 Å². The van der Waals surface area contributed by atoms with Gasteiger partial charge in [0.15, 0.2) is 0 Å². The SMILES string of the molecule is Cc1cccc2c1C(C(C)(C)CO)CC2. The molecule has 1 aromatic rings. The van der Waals surface area contributed by atoms with Crippen LogP contribution in [0.3, 0.4) is 0 Å². The highest BCUT2D eigenvalue weighted by molar-refractivity contribution is 5.42. The molecule has 0 bridgehead atoms. The Hall–Kier alpha value is -0.820. The average Bonchev–Trinajstić information content (AvgIpc) is 2.63. The van der Waals surface area contributed by atoms with E-state index in [9.17, 15) is 5.11 Å². The van der Waals surface area contributed by atoms with Gasteiger partial charge in [0.1, 0.15) is 0 Å². The van der Waals surface area contributed by atoms with Gasteiger partial charge in [-0.2, -0.15) is 0 Å². The Labute approximate surface area is 92.1 Å². The van der Waals surface area contributed by atoms with E-state index in [1.165, 1.54) is 29.5 Å². The first kappa shape index (κ1) is 10.7. The number of aliphatic hydroxyl groups is 1. The molecule has 1 aliphatic carbocycles. The topological polar surface area (TPSA) is 20.2 Å². The summed E-state index contributed by atoms with van der Waals surface area (Å²) >= 11 is 0. The Bertz CT molecular complexity index is 366. The molecule has 1 heteroatoms. The zero-order chi connectivity index (χ0) is 11.1. The molecule has 1 aromatic carbocycles. The molecule has 0 saturated carbocycles. The maximum absolute atomic E-state index is 9.47. The maximum Gasteiger partial charge on any atom is 0.0487 e. The summed E-state index contributed by atoms with van der Waals surface area (Å²) < 4.78 is 0. The van der Waals surface area contributed by atoms with Crippen molar-refractivity contribution in [3.8, 4) is 0 Å². The minimum absolute atomic E-state index is 0.0113. The second-order valence-corrected chi connectivity index (χ2v) is 5.39. The second-order valence-electron chi connectivity index (χ2n) is 5.39. The first-order valence-corrected chi connectivity index (χ1v) is 5.75. The average molecular weight is 204 g/mol. The van der Waals surface area contributed by atoms with Crippen LogP contribution in [0, 0.1) is 12.3 Å². The molecule has 0 radical (unpaired) electrons. The second kappa shape index (κ2) is 3.64. The summed E-state index contributed by atoms with van der Waals surface area (Å²) in [6, 6.07) is 6.56. The molecule has 1 N–H and O–H groups in total. The minimum atomic E-state index is 0.0113. The molecule has 1 atom stereocenters. The standard InChI is InChI=1S/C14H20O/c1-10-5-4-6-11-7-8-12(13(10)11)14(2,3)9-15/h4-6,12,15H,7-9H2,1-3H3. The van der Waals surface area contributed by atoms with Crippen molar-refractivity contribution in [1.29, 1.82) is 0 Å². The monoisotopic (exact) mass is 204 g/mol. The Morgan fingerprint density at radius 2 is 2.13 bits per heavy atom. The van der Waals surface area contributed by atoms with Crippen LogP contribution >= 0.6 is 0 Å². The van der Waals surface area contributed by atoms with E-state index in [1.807, 2.05) is 0 Å². The summed E-state index contributed by atoms with van der Waals surface area (Å²) in [5.41, 5.74) is 4.38. The van der Waals surface area contributed by atoms with Crippen LogP contribution in [-0.2, 0) is 6.42 Å². The number of hydrogen-bond donors (Lipinski definition) is 1. The lowest BCUT2D eigenvalue weighted by atomic mass is 9.75. The Kier molecular flexibility index (Phi) is 2.59. The highest BCUT2D eigenvalue weighted by atomic mass is 16.3. The maximum atomic E-state index is 9.47. The quantitative estimate of drug-likeness (QED) is 0.785. The first-order chi connectivity index (χ1) is 7.06. The Balaban J connectivity index is 2.44. The Morgan fingerprint density at radius 3 is 2.80 bits per heavy atom. The zero-order valence-electron chi connectivity index (χ0n) is 9.88. The normalized spacial score (nSPS) is 20.4. The summed E-state index contributed by atoms with van der Waals surface area (Å²) in [6.45, 7) is 6.79. The van der Waals surface area contributed by atoms with Gasteiger partial charge in [0.05, 0.1) is 0 Å². The largest absolute Gasteiger partial charge is 0.396 e. The third kappa shape index (κ3) is 1.69. The number of aliphatic hydroxyl groups excluding tert-OH is 1. The number of hydrogen-bond acceptors (Lipinski definition) is 1. The van der Waals surface area contributed by atoms with E-state index in [-0.39, 0.29) is 12.0 Å². The van der Waals surface area contributed by atoms with Gasteiger partial charge in [-0.05, 0) is 47.8 Å². The van der Waals surface area contributed by atoms with Crippen LogP contribution < -0.4 is 0 Å². The van der Waals surface area contributed by atoms with Gasteiger partial charge in [-0.1, -0.05) is 32.0 Å². The van der Waals surface area contributed by atoms with Gasteiger partial charge in [0.25, 0.3) is 0 Å². The van der Waals surface area contributed by atoms with Crippen LogP contribution in [0.1, 0.15) is 42.9 Å². The van der Waals surface area contributed by atoms with Gasteiger partial charge in [-0.3, -0.25) is 0 Å². The lowest BCUT2D eigenvalue weighted by molar-refractivity contribution is 0.130. The molecule has 0 aliphatic heterocycles. The number of aryl methyl sites for hydroxylation is 2. The molecule has 2 rings (SSSR count). The molecule has 0 aromatic heterocycles. The Morgan fingerprint density at radius 1 is 1.40 bits per heavy atom. The predicted molar refractivity (Wildman–Crippen MR) is 63.1 cm³/mol. The van der Waals surface area contributed by atoms with Crippen LogP contribution in [0.2, 0.25) is 0 Å². The summed E-state index contributed by atoms with van der Waals surface area (Å²) in [5.74, 6) is 0.527. The molecule has 1 unspecified atom stereocenters. The van der Waals surface area contributed by atoms with Crippen molar-refractivity contribution < 1.29 is 5.11 Å². The van der Waals surface area contributed by atoms with Crippen LogP contribution in [0.4, 0.5) is 0 Å². The van der Waals surface area contributed by atoms with Crippen molar-refractivity contribution in [2.75, 3.05) is 6.61 Å². The fourth-order valence-electron chi connectivity index (χ4n) is 2.79. The molecule has 0 amide bonds. The molecule has 0 saturated heterocycles. The van der Waals surface area contributed by atoms with Crippen molar-refractivity contribution in [1.82, 2.24) is 0 Å². The van der Waals surface area contributed by atoms with Gasteiger partial charge < -0.3 is 5.11 Å². The van der Waals surface area contributed by atoms with E-state index in [0.29, 0.717) is 5.92 Å². The third-order valence-corrected chi connectivity index (χ3v) is 3.82. The lowest BCUT2D eigenvalue weighted by Crippen LogP contribution is -2.25. The van der Waals surface area contributed by atoms with E-state index in [2.05, 4.69) is 39.0 Å². The van der Waals surface area contributed by atoms with Gasteiger partial charge in [0, 0.05) is 6.61 Å². The van der Waals surface area contributed by atoms with E-state index in [0.717, 1.165) is 0 Å². The summed E-state index contributed by atoms with van der Waals surface area (Å²) in [4.78, 5) is 0. The van der Waals surface area contributed by atoms with Crippen LogP contribution in [0.25, 0.3) is 0 Å². The molecule has 1 aliphatic rings. The van der Waals surface area contributed by atoms with E-state index in [4.69, 9.17) is 0 Å². The molecule has 1 nitrogen and oxygen atoms in total. The van der Waals surface area contributed by atoms with E-state index in [1.54, 1.807) is 0 Å². The fraction of sp³-hybridized carbons (Fsp3) is 0.571. The molecular formula is C14H20O. The van der Waals surface area contributed by atoms with Crippen molar-refractivity contribution in [3.63, 3.8) is 0 Å². The molecule has 0 heterocycles. The zero-order valence-corrected chi connectivity index (χ0v) is 9.88. The van der Waals surface area contributed by atoms with Crippen molar-refractivity contribution >= 4 is 0 Å². The third-order valence-electron chi connectivity index (χ3n) is 3.82. The summed E-state index contributed by atoms with van der Waals surface area (Å²) in [6.07, 6.45) is 2.36. The highest BCUT2D eigenvalue weighted by Gasteiger charge is 2.35. The molecule has 15 heavy (non-hydrogen) atoms. The fourth-order valence-corrected chi connectivity index (χ4v) is 2.79. The van der Waals surface area contributed by atoms with Crippen molar-refractivity contribution in [2.24, 2.45) is 5.41 Å². The van der Waals surface area contributed by atoms with Gasteiger partial charge in [-0.25, -0.2) is 0 Å². The first-order valence-electron chi connectivity index (χ1n) is 5.75. The summed E-state index contributed by atoms with van der Waals surface area (Å²) in [5, 5.41) is 9.47. The number of rotatable bonds is 2. The molecular weight excluding hydrogens is 184 g/mol. The van der Waals surface area contributed by atoms with Gasteiger partial charge in [0.2, 0.25) is 0 Å². The van der Waals surface area contributed by atoms with Crippen molar-refractivity contribution in [3.05, 3.63) is 34.9 Å². The molecule has 0 fully saturated rings. The van der Waals surface area contributed by atoms with Crippen molar-refractivity contribution in [2.45, 2.75) is 39.5 Å². The number of benzene rings is 1. The highest BCUT2D eigenvalue weighted by Crippen LogP contribution is 2.45. The van der Waals surface area contributed by atoms with Crippen LogP contribution in [-0.4, -0.2) is 11.7 Å². The molecule has 82 valence electrons. The lowest BCUT2D eigenvalue weighted by Gasteiger charge is -2.31. The number of fused-ring (bicyclic) bond motifs is 1. The van der Waals surface area contributed by atoms with Gasteiger partial charge >= 0.3 is 0 Å².